The smallest absolute Gasteiger partial charge is 0.160 e. The molecule has 1 aliphatic heterocycles. The van der Waals surface area contributed by atoms with E-state index in [-0.39, 0.29) is 6.17 Å². The number of rotatable bonds is 6. The maximum Gasteiger partial charge on any atom is 0.160 e. The number of nitrogens with zero attached hydrogens (tertiary/aromatic N) is 3. The number of amidine groups is 2. The average Bonchev–Trinajstić information content (AvgIpc) is 3.52. The van der Waals surface area contributed by atoms with E-state index >= 15 is 0 Å². The molecular weight excluding hydrogens is 597 g/mol. The predicted molar refractivity (Wildman–Crippen MR) is 203 cm³/mol. The number of fused-ring (bicyclic) bond motifs is 3. The van der Waals surface area contributed by atoms with Crippen LogP contribution < -0.4 is 5.32 Å². The number of hydrogen-bond donors (Lipinski definition) is 1. The van der Waals surface area contributed by atoms with Crippen LogP contribution in [0.2, 0.25) is 0 Å². The minimum atomic E-state index is -0.275. The molecule has 0 bridgehead atoms. The van der Waals surface area contributed by atoms with Crippen molar-refractivity contribution >= 4 is 33.5 Å². The molecule has 8 aromatic rings. The number of hydrogen-bond acceptors (Lipinski definition) is 3. The normalized spacial score (nSPS) is 14.3. The lowest BCUT2D eigenvalue weighted by molar-refractivity contribution is 0.674. The van der Waals surface area contributed by atoms with Crippen LogP contribution in [-0.2, 0) is 0 Å². The molecule has 4 nitrogen and oxygen atoms in total. The second kappa shape index (κ2) is 12.3. The second-order valence-electron chi connectivity index (χ2n) is 12.2. The summed E-state index contributed by atoms with van der Waals surface area (Å²) in [5.41, 5.74) is 11.1. The highest BCUT2D eigenvalue weighted by Crippen LogP contribution is 2.39. The Labute approximate surface area is 285 Å². The van der Waals surface area contributed by atoms with Crippen LogP contribution in [0.15, 0.2) is 192 Å². The molecule has 1 unspecified atom stereocenters. The van der Waals surface area contributed by atoms with Crippen molar-refractivity contribution in [2.45, 2.75) is 6.17 Å². The van der Waals surface area contributed by atoms with E-state index in [1.807, 2.05) is 24.3 Å². The van der Waals surface area contributed by atoms with Crippen molar-refractivity contribution in [3.8, 4) is 27.9 Å². The van der Waals surface area contributed by atoms with Crippen molar-refractivity contribution in [3.63, 3.8) is 0 Å². The SMILES string of the molecule is c1ccc(C2=NC(c3ccccc3-c3ccccc3-n3c4ccccc4c4cc(-c5ccccc5)ccc43)=NC(c3ccccc3)N2)cc1. The van der Waals surface area contributed by atoms with Gasteiger partial charge in [0.1, 0.15) is 12.0 Å². The van der Waals surface area contributed by atoms with Crippen LogP contribution in [0, 0.1) is 0 Å². The van der Waals surface area contributed by atoms with E-state index in [1.54, 1.807) is 0 Å². The van der Waals surface area contributed by atoms with Gasteiger partial charge in [0.05, 0.1) is 16.7 Å². The Kier molecular flexibility index (Phi) is 7.17. The van der Waals surface area contributed by atoms with Gasteiger partial charge in [-0.3, -0.25) is 0 Å². The van der Waals surface area contributed by atoms with E-state index in [2.05, 4.69) is 168 Å². The lowest BCUT2D eigenvalue weighted by atomic mass is 9.96. The Morgan fingerprint density at radius 1 is 0.449 bits per heavy atom. The molecule has 1 aromatic heterocycles. The standard InChI is InChI=1S/C45H32N4/c1-4-16-31(17-5-1)34-28-29-42-39(30-34)37-24-13-15-27-41(37)49(42)40-26-14-12-23-36(40)35-22-10-11-25-38(35)45-47-43(32-18-6-2-7-19-32)46-44(48-45)33-20-8-3-9-21-33/h1-30,43H,(H,46,47,48). The van der Waals surface area contributed by atoms with E-state index in [4.69, 9.17) is 9.98 Å². The summed E-state index contributed by atoms with van der Waals surface area (Å²) < 4.78 is 2.40. The van der Waals surface area contributed by atoms with Gasteiger partial charge in [-0.25, -0.2) is 9.98 Å². The Hall–Kier alpha value is -6.52. The molecule has 1 atom stereocenters. The van der Waals surface area contributed by atoms with Gasteiger partial charge in [-0.1, -0.05) is 158 Å². The van der Waals surface area contributed by atoms with Crippen LogP contribution in [0.4, 0.5) is 0 Å². The first-order valence-corrected chi connectivity index (χ1v) is 16.6. The zero-order valence-electron chi connectivity index (χ0n) is 26.7. The molecule has 0 spiro atoms. The molecule has 0 fully saturated rings. The third-order valence-electron chi connectivity index (χ3n) is 9.29. The number of benzene rings is 7. The number of aliphatic imine (C=N–C) groups is 2. The summed E-state index contributed by atoms with van der Waals surface area (Å²) in [4.78, 5) is 10.4. The quantitative estimate of drug-likeness (QED) is 0.196. The van der Waals surface area contributed by atoms with Gasteiger partial charge in [-0.2, -0.15) is 0 Å². The first-order valence-electron chi connectivity index (χ1n) is 16.6. The molecule has 9 rings (SSSR count). The van der Waals surface area contributed by atoms with Gasteiger partial charge in [-0.05, 0) is 46.5 Å². The first-order chi connectivity index (χ1) is 24.3. The summed E-state index contributed by atoms with van der Waals surface area (Å²) in [6, 6.07) is 64.0. The largest absolute Gasteiger partial charge is 0.344 e. The Morgan fingerprint density at radius 2 is 1.04 bits per heavy atom. The molecule has 0 saturated carbocycles. The minimum Gasteiger partial charge on any atom is -0.344 e. The zero-order valence-corrected chi connectivity index (χ0v) is 26.7. The van der Waals surface area contributed by atoms with Crippen LogP contribution >= 0.6 is 0 Å². The number of nitrogens with one attached hydrogen (secondary N) is 1. The molecule has 4 heteroatoms. The highest BCUT2D eigenvalue weighted by atomic mass is 15.2. The number of para-hydroxylation sites is 2. The van der Waals surface area contributed by atoms with E-state index in [1.165, 1.54) is 32.9 Å². The minimum absolute atomic E-state index is 0.275. The van der Waals surface area contributed by atoms with Crippen LogP contribution in [0.5, 0.6) is 0 Å². The lowest BCUT2D eigenvalue weighted by Gasteiger charge is -2.24. The van der Waals surface area contributed by atoms with Gasteiger partial charge in [0, 0.05) is 27.5 Å². The molecule has 7 aromatic carbocycles. The molecule has 1 N–H and O–H groups in total. The van der Waals surface area contributed by atoms with Crippen molar-refractivity contribution in [3.05, 3.63) is 199 Å². The number of aromatic nitrogens is 1. The Balaban J connectivity index is 1.24. The summed E-state index contributed by atoms with van der Waals surface area (Å²) >= 11 is 0. The van der Waals surface area contributed by atoms with E-state index in [0.717, 1.165) is 39.3 Å². The second-order valence-corrected chi connectivity index (χ2v) is 12.2. The van der Waals surface area contributed by atoms with Crippen molar-refractivity contribution in [1.29, 1.82) is 0 Å². The summed E-state index contributed by atoms with van der Waals surface area (Å²) in [6.45, 7) is 0. The van der Waals surface area contributed by atoms with E-state index in [0.29, 0.717) is 5.84 Å². The summed E-state index contributed by atoms with van der Waals surface area (Å²) in [6.07, 6.45) is -0.275. The van der Waals surface area contributed by atoms with Crippen molar-refractivity contribution in [2.24, 2.45) is 9.98 Å². The predicted octanol–water partition coefficient (Wildman–Crippen LogP) is 10.6. The monoisotopic (exact) mass is 628 g/mol. The first kappa shape index (κ1) is 28.7. The van der Waals surface area contributed by atoms with Crippen molar-refractivity contribution < 1.29 is 0 Å². The lowest BCUT2D eigenvalue weighted by Crippen LogP contribution is -2.33. The van der Waals surface area contributed by atoms with E-state index in [9.17, 15) is 0 Å². The fraction of sp³-hybridized carbons (Fsp3) is 0.0222. The van der Waals surface area contributed by atoms with Crippen molar-refractivity contribution in [1.82, 2.24) is 9.88 Å². The maximum absolute atomic E-state index is 5.23. The van der Waals surface area contributed by atoms with Gasteiger partial charge in [0.2, 0.25) is 0 Å². The Bertz CT molecular complexity index is 2510. The van der Waals surface area contributed by atoms with Crippen LogP contribution in [0.1, 0.15) is 22.9 Å². The summed E-state index contributed by atoms with van der Waals surface area (Å²) in [7, 11) is 0. The van der Waals surface area contributed by atoms with Crippen molar-refractivity contribution in [2.75, 3.05) is 0 Å². The van der Waals surface area contributed by atoms with Gasteiger partial charge in [0.25, 0.3) is 0 Å². The van der Waals surface area contributed by atoms with E-state index < -0.39 is 0 Å². The third-order valence-corrected chi connectivity index (χ3v) is 9.29. The van der Waals surface area contributed by atoms with Crippen LogP contribution in [-0.4, -0.2) is 16.2 Å². The third kappa shape index (κ3) is 5.20. The van der Waals surface area contributed by atoms with Crippen LogP contribution in [0.3, 0.4) is 0 Å². The molecule has 0 saturated heterocycles. The van der Waals surface area contributed by atoms with Crippen LogP contribution in [0.25, 0.3) is 49.7 Å². The molecule has 232 valence electrons. The highest BCUT2D eigenvalue weighted by Gasteiger charge is 2.24. The van der Waals surface area contributed by atoms with Gasteiger partial charge < -0.3 is 9.88 Å². The molecule has 49 heavy (non-hydrogen) atoms. The zero-order chi connectivity index (χ0) is 32.6. The highest BCUT2D eigenvalue weighted by molar-refractivity contribution is 6.16. The van der Waals surface area contributed by atoms with Gasteiger partial charge >= 0.3 is 0 Å². The molecule has 0 aliphatic carbocycles. The average molecular weight is 629 g/mol. The maximum atomic E-state index is 5.23. The van der Waals surface area contributed by atoms with Gasteiger partial charge in [-0.15, -0.1) is 0 Å². The molecule has 1 aliphatic rings. The molecule has 0 radical (unpaired) electrons. The topological polar surface area (TPSA) is 41.7 Å². The van der Waals surface area contributed by atoms with Gasteiger partial charge in [0.15, 0.2) is 5.84 Å². The summed E-state index contributed by atoms with van der Waals surface area (Å²) in [5, 5.41) is 6.05. The fourth-order valence-corrected chi connectivity index (χ4v) is 6.97. The summed E-state index contributed by atoms with van der Waals surface area (Å²) in [5.74, 6) is 1.51. The fourth-order valence-electron chi connectivity index (χ4n) is 6.97. The Morgan fingerprint density at radius 3 is 1.82 bits per heavy atom. The molecule has 0 amide bonds. The molecule has 2 heterocycles. The molecular formula is C45H32N4.